The average Bonchev–Trinajstić information content (AvgIpc) is 3.23. The number of carbonyl (C=O) groups is 1. The fraction of sp³-hybridized carbons (Fsp3) is 0.292. The Labute approximate surface area is 182 Å². The van der Waals surface area contributed by atoms with Gasteiger partial charge < -0.3 is 14.5 Å². The summed E-state index contributed by atoms with van der Waals surface area (Å²) in [6.45, 7) is 2.24. The number of para-hydroxylation sites is 1. The van der Waals surface area contributed by atoms with Crippen molar-refractivity contribution >= 4 is 22.9 Å². The molecule has 0 unspecified atom stereocenters. The van der Waals surface area contributed by atoms with Gasteiger partial charge in [0.2, 0.25) is 0 Å². The second-order valence-corrected chi connectivity index (χ2v) is 7.30. The third-order valence-corrected chi connectivity index (χ3v) is 5.23. The molecule has 3 N–H and O–H groups in total. The summed E-state index contributed by atoms with van der Waals surface area (Å²) in [5.74, 6) is -0.558. The highest BCUT2D eigenvalue weighted by molar-refractivity contribution is 5.90. The average molecular weight is 424 g/mol. The van der Waals surface area contributed by atoms with Crippen molar-refractivity contribution in [2.24, 2.45) is 0 Å². The molecule has 0 spiro atoms. The molecule has 0 aliphatic rings. The highest BCUT2D eigenvalue weighted by atomic mass is 16.7. The standard InChI is InChI=1S/C24H29N3O4/c1-30-24(31-2)17-27(14-13-20-15-25-22-6-4-3-5-21(20)22)16-19-9-7-18(8-10-19)11-12-23(28)26-29/h3-12,15,24-25,29H,13-14,16-17H2,1-2H3,(H,26,28)/b12-11+. The molecule has 3 rings (SSSR count). The molecule has 0 aliphatic heterocycles. The van der Waals surface area contributed by atoms with Gasteiger partial charge in [-0.1, -0.05) is 42.5 Å². The Hall–Kier alpha value is -2.97. The number of nitrogens with one attached hydrogen (secondary N) is 2. The van der Waals surface area contributed by atoms with E-state index in [4.69, 9.17) is 14.7 Å². The van der Waals surface area contributed by atoms with Gasteiger partial charge >= 0.3 is 0 Å². The van der Waals surface area contributed by atoms with Crippen molar-refractivity contribution in [3.63, 3.8) is 0 Å². The largest absolute Gasteiger partial charge is 0.361 e. The maximum absolute atomic E-state index is 11.1. The van der Waals surface area contributed by atoms with Gasteiger partial charge in [-0.15, -0.1) is 0 Å². The van der Waals surface area contributed by atoms with Crippen molar-refractivity contribution in [3.8, 4) is 0 Å². The van der Waals surface area contributed by atoms with Crippen LogP contribution >= 0.6 is 0 Å². The molecule has 0 atom stereocenters. The fourth-order valence-corrected chi connectivity index (χ4v) is 3.51. The van der Waals surface area contributed by atoms with Gasteiger partial charge in [-0.05, 0) is 35.3 Å². The van der Waals surface area contributed by atoms with Crippen LogP contribution in [0, 0.1) is 0 Å². The van der Waals surface area contributed by atoms with Crippen LogP contribution in [0.15, 0.2) is 60.8 Å². The first-order valence-corrected chi connectivity index (χ1v) is 10.2. The number of aromatic nitrogens is 1. The first kappa shape index (κ1) is 22.7. The highest BCUT2D eigenvalue weighted by Gasteiger charge is 2.15. The molecule has 2 aromatic carbocycles. The van der Waals surface area contributed by atoms with Crippen LogP contribution in [-0.2, 0) is 27.2 Å². The van der Waals surface area contributed by atoms with Crippen molar-refractivity contribution in [1.29, 1.82) is 0 Å². The van der Waals surface area contributed by atoms with Gasteiger partial charge in [-0.2, -0.15) is 0 Å². The minimum atomic E-state index is -0.558. The van der Waals surface area contributed by atoms with Gasteiger partial charge in [0.1, 0.15) is 0 Å². The number of amides is 1. The number of hydrogen-bond acceptors (Lipinski definition) is 5. The molecule has 1 amide bonds. The topological polar surface area (TPSA) is 86.8 Å². The van der Waals surface area contributed by atoms with Crippen molar-refractivity contribution in [3.05, 3.63) is 77.5 Å². The van der Waals surface area contributed by atoms with E-state index in [9.17, 15) is 4.79 Å². The molecular formula is C24H29N3O4. The molecule has 0 bridgehead atoms. The van der Waals surface area contributed by atoms with E-state index >= 15 is 0 Å². The number of hydroxylamine groups is 1. The number of benzene rings is 2. The smallest absolute Gasteiger partial charge is 0.267 e. The van der Waals surface area contributed by atoms with E-state index in [1.165, 1.54) is 17.0 Å². The summed E-state index contributed by atoms with van der Waals surface area (Å²) in [6.07, 6.45) is 5.61. The lowest BCUT2D eigenvalue weighted by molar-refractivity contribution is -0.124. The van der Waals surface area contributed by atoms with E-state index in [-0.39, 0.29) is 6.29 Å². The molecule has 1 aromatic heterocycles. The second kappa shape index (κ2) is 11.4. The van der Waals surface area contributed by atoms with Gasteiger partial charge in [-0.25, -0.2) is 5.48 Å². The van der Waals surface area contributed by atoms with Crippen LogP contribution in [0.5, 0.6) is 0 Å². The highest BCUT2D eigenvalue weighted by Crippen LogP contribution is 2.19. The van der Waals surface area contributed by atoms with E-state index in [0.29, 0.717) is 6.54 Å². The fourth-order valence-electron chi connectivity index (χ4n) is 3.51. The lowest BCUT2D eigenvalue weighted by Crippen LogP contribution is -2.35. The van der Waals surface area contributed by atoms with Gasteiger partial charge in [0.15, 0.2) is 6.29 Å². The molecule has 0 fully saturated rings. The normalized spacial score (nSPS) is 11.8. The molecule has 7 heteroatoms. The second-order valence-electron chi connectivity index (χ2n) is 7.30. The lowest BCUT2D eigenvalue weighted by Gasteiger charge is -2.26. The van der Waals surface area contributed by atoms with Gasteiger partial charge in [0.05, 0.1) is 0 Å². The summed E-state index contributed by atoms with van der Waals surface area (Å²) in [6, 6.07) is 16.3. The summed E-state index contributed by atoms with van der Waals surface area (Å²) in [4.78, 5) is 16.8. The first-order chi connectivity index (χ1) is 15.1. The molecule has 3 aromatic rings. The van der Waals surface area contributed by atoms with Crippen molar-refractivity contribution in [1.82, 2.24) is 15.4 Å². The van der Waals surface area contributed by atoms with E-state index in [1.807, 2.05) is 30.3 Å². The van der Waals surface area contributed by atoms with Crippen LogP contribution in [-0.4, -0.2) is 54.6 Å². The molecule has 0 radical (unpaired) electrons. The monoisotopic (exact) mass is 423 g/mol. The summed E-state index contributed by atoms with van der Waals surface area (Å²) < 4.78 is 10.8. The minimum absolute atomic E-state index is 0.304. The quantitative estimate of drug-likeness (QED) is 0.191. The summed E-state index contributed by atoms with van der Waals surface area (Å²) in [5.41, 5.74) is 6.04. The number of fused-ring (bicyclic) bond motifs is 1. The Kier molecular flexibility index (Phi) is 8.37. The Morgan fingerprint density at radius 1 is 1.16 bits per heavy atom. The number of nitrogens with zero attached hydrogens (tertiary/aromatic N) is 1. The third-order valence-electron chi connectivity index (χ3n) is 5.23. The zero-order valence-corrected chi connectivity index (χ0v) is 17.9. The third kappa shape index (κ3) is 6.50. The Morgan fingerprint density at radius 3 is 2.61 bits per heavy atom. The first-order valence-electron chi connectivity index (χ1n) is 10.2. The Balaban J connectivity index is 1.68. The number of carbonyl (C=O) groups excluding carboxylic acids is 1. The summed E-state index contributed by atoms with van der Waals surface area (Å²) in [7, 11) is 3.30. The molecule has 31 heavy (non-hydrogen) atoms. The van der Waals surface area contributed by atoms with Gasteiger partial charge in [0, 0.05) is 57.0 Å². The molecule has 164 valence electrons. The number of H-pyrrole nitrogens is 1. The summed E-state index contributed by atoms with van der Waals surface area (Å²) in [5, 5.41) is 9.82. The van der Waals surface area contributed by atoms with Crippen LogP contribution in [0.1, 0.15) is 16.7 Å². The SMILES string of the molecule is COC(CN(CCc1c[nH]c2ccccc12)Cc1ccc(/C=C/C(=O)NO)cc1)OC. The van der Waals surface area contributed by atoms with Crippen LogP contribution in [0.3, 0.4) is 0 Å². The molecule has 7 nitrogen and oxygen atoms in total. The van der Waals surface area contributed by atoms with Crippen LogP contribution in [0.25, 0.3) is 17.0 Å². The Morgan fingerprint density at radius 2 is 1.90 bits per heavy atom. The van der Waals surface area contributed by atoms with E-state index in [2.05, 4.69) is 34.3 Å². The molecule has 0 saturated carbocycles. The predicted octanol–water partition coefficient (Wildman–Crippen LogP) is 3.35. The maximum Gasteiger partial charge on any atom is 0.267 e. The van der Waals surface area contributed by atoms with E-state index < -0.39 is 5.91 Å². The maximum atomic E-state index is 11.1. The van der Waals surface area contributed by atoms with Crippen LogP contribution in [0.2, 0.25) is 0 Å². The molecular weight excluding hydrogens is 394 g/mol. The van der Waals surface area contributed by atoms with Gasteiger partial charge in [-0.3, -0.25) is 14.9 Å². The number of rotatable bonds is 11. The van der Waals surface area contributed by atoms with E-state index in [0.717, 1.165) is 36.2 Å². The number of ether oxygens (including phenoxy) is 2. The number of methoxy groups -OCH3 is 2. The Bertz CT molecular complexity index is 993. The van der Waals surface area contributed by atoms with Crippen molar-refractivity contribution < 1.29 is 19.5 Å². The zero-order valence-electron chi connectivity index (χ0n) is 17.9. The van der Waals surface area contributed by atoms with E-state index in [1.54, 1.807) is 25.8 Å². The van der Waals surface area contributed by atoms with Crippen LogP contribution < -0.4 is 5.48 Å². The zero-order chi connectivity index (χ0) is 22.1. The molecule has 0 aliphatic carbocycles. The molecule has 0 saturated heterocycles. The van der Waals surface area contributed by atoms with Crippen LogP contribution in [0.4, 0.5) is 0 Å². The minimum Gasteiger partial charge on any atom is -0.361 e. The number of aromatic amines is 1. The molecule has 1 heterocycles. The summed E-state index contributed by atoms with van der Waals surface area (Å²) >= 11 is 0. The van der Waals surface area contributed by atoms with Crippen molar-refractivity contribution in [2.75, 3.05) is 27.3 Å². The number of hydrogen-bond donors (Lipinski definition) is 3. The predicted molar refractivity (Wildman–Crippen MR) is 120 cm³/mol. The lowest BCUT2D eigenvalue weighted by atomic mass is 10.1. The van der Waals surface area contributed by atoms with Crippen molar-refractivity contribution in [2.45, 2.75) is 19.3 Å². The van der Waals surface area contributed by atoms with Gasteiger partial charge in [0.25, 0.3) is 5.91 Å².